The largest absolute Gasteiger partial charge is 0.453 e. The molecule has 2 aromatic carbocycles. The van der Waals surface area contributed by atoms with Crippen LogP contribution in [0.1, 0.15) is 37.3 Å². The van der Waals surface area contributed by atoms with Gasteiger partial charge in [0.15, 0.2) is 29.9 Å². The van der Waals surface area contributed by atoms with Gasteiger partial charge in [-0.1, -0.05) is 13.3 Å². The van der Waals surface area contributed by atoms with Crippen molar-refractivity contribution in [3.05, 3.63) is 71.0 Å². The van der Waals surface area contributed by atoms with Gasteiger partial charge in [-0.3, -0.25) is 0 Å². The lowest BCUT2D eigenvalue weighted by Gasteiger charge is -2.29. The minimum Gasteiger partial charge on any atom is -0.453 e. The van der Waals surface area contributed by atoms with Crippen molar-refractivity contribution in [1.82, 2.24) is 0 Å². The Balaban J connectivity index is 1.69. The first-order valence-corrected chi connectivity index (χ1v) is 11.0. The molecule has 198 valence electrons. The lowest BCUT2D eigenvalue weighted by Crippen LogP contribution is -2.32. The van der Waals surface area contributed by atoms with E-state index in [2.05, 4.69) is 9.47 Å². The van der Waals surface area contributed by atoms with Crippen molar-refractivity contribution in [3.63, 3.8) is 0 Å². The highest BCUT2D eigenvalue weighted by Crippen LogP contribution is 2.37. The smallest absolute Gasteiger partial charge is 0.432 e. The third kappa shape index (κ3) is 7.10. The van der Waals surface area contributed by atoms with E-state index in [-0.39, 0.29) is 42.7 Å². The molecule has 1 aliphatic rings. The zero-order valence-corrected chi connectivity index (χ0v) is 18.9. The normalized spacial score (nSPS) is 18.1. The maximum atomic E-state index is 14.6. The molecule has 3 rings (SSSR count). The van der Waals surface area contributed by atoms with Crippen LogP contribution in [0.2, 0.25) is 0 Å². The summed E-state index contributed by atoms with van der Waals surface area (Å²) in [7, 11) is 0. The molecule has 12 heteroatoms. The van der Waals surface area contributed by atoms with E-state index in [0.717, 1.165) is 12.8 Å². The molecule has 4 nitrogen and oxygen atoms in total. The Hall–Kier alpha value is -2.86. The molecule has 0 atom stereocenters. The molecule has 1 heterocycles. The van der Waals surface area contributed by atoms with Gasteiger partial charge >= 0.3 is 12.2 Å². The minimum absolute atomic E-state index is 0.0548. The lowest BCUT2D eigenvalue weighted by atomic mass is 10.0. The molecule has 0 bridgehead atoms. The van der Waals surface area contributed by atoms with Crippen LogP contribution in [0, 0.1) is 29.2 Å². The maximum absolute atomic E-state index is 14.6. The van der Waals surface area contributed by atoms with E-state index < -0.39 is 58.8 Å². The first-order valence-electron chi connectivity index (χ1n) is 11.0. The summed E-state index contributed by atoms with van der Waals surface area (Å²) in [6.07, 6.45) is -5.73. The Labute approximate surface area is 201 Å². The maximum Gasteiger partial charge on any atom is 0.432 e. The fourth-order valence-corrected chi connectivity index (χ4v) is 3.67. The number of aryl methyl sites for hydroxylation is 1. The molecule has 36 heavy (non-hydrogen) atoms. The molecule has 0 radical (unpaired) electrons. The van der Waals surface area contributed by atoms with E-state index in [1.54, 1.807) is 0 Å². The van der Waals surface area contributed by atoms with Crippen molar-refractivity contribution in [2.75, 3.05) is 13.2 Å². The molecule has 0 amide bonds. The molecule has 0 spiro atoms. The summed E-state index contributed by atoms with van der Waals surface area (Å²) in [4.78, 5) is 0. The number of hydrogen-bond acceptors (Lipinski definition) is 4. The van der Waals surface area contributed by atoms with Gasteiger partial charge in [0, 0.05) is 24.5 Å². The first kappa shape index (κ1) is 27.7. The highest BCUT2D eigenvalue weighted by atomic mass is 19.3. The van der Waals surface area contributed by atoms with E-state index in [9.17, 15) is 35.1 Å². The SMILES string of the molecule is CCCC1COC(CCc2cc(F)c(C(F)(F)Oc3cc(F)c(OC=C(F)F)c(F)c3)c(F)c2)OC1. The molecular weight excluding hydrogens is 504 g/mol. The lowest BCUT2D eigenvalue weighted by molar-refractivity contribution is -0.203. The zero-order valence-electron chi connectivity index (χ0n) is 18.9. The zero-order chi connectivity index (χ0) is 26.5. The topological polar surface area (TPSA) is 36.9 Å². The Morgan fingerprint density at radius 3 is 2.06 bits per heavy atom. The summed E-state index contributed by atoms with van der Waals surface area (Å²) < 4.78 is 129. The van der Waals surface area contributed by atoms with Gasteiger partial charge in [0.05, 0.1) is 13.2 Å². The predicted octanol–water partition coefficient (Wildman–Crippen LogP) is 7.21. The molecule has 1 saturated heterocycles. The first-order chi connectivity index (χ1) is 17.0. The average Bonchev–Trinajstić information content (AvgIpc) is 2.77. The van der Waals surface area contributed by atoms with Crippen LogP contribution in [0.15, 0.2) is 36.6 Å². The Morgan fingerprint density at radius 1 is 0.944 bits per heavy atom. The van der Waals surface area contributed by atoms with Crippen molar-refractivity contribution in [2.45, 2.75) is 45.0 Å². The number of benzene rings is 2. The standard InChI is InChI=1S/C24H22F8O4/c1-2-3-14-10-33-21(34-11-14)5-4-13-6-16(25)22(17(26)7-13)24(31,32)36-15-8-18(27)23(19(28)9-15)35-12-20(29)30/h6-9,12,14,21H,2-5,10-11H2,1H3. The molecule has 0 saturated carbocycles. The third-order valence-corrected chi connectivity index (χ3v) is 5.28. The third-order valence-electron chi connectivity index (χ3n) is 5.28. The van der Waals surface area contributed by atoms with Crippen LogP contribution < -0.4 is 9.47 Å². The van der Waals surface area contributed by atoms with Gasteiger partial charge in [0.1, 0.15) is 22.9 Å². The second kappa shape index (κ2) is 11.9. The highest BCUT2D eigenvalue weighted by molar-refractivity contribution is 5.36. The van der Waals surface area contributed by atoms with Crippen LogP contribution in [0.25, 0.3) is 0 Å². The summed E-state index contributed by atoms with van der Waals surface area (Å²) in [5.41, 5.74) is -1.72. The van der Waals surface area contributed by atoms with E-state index in [1.165, 1.54) is 0 Å². The predicted molar refractivity (Wildman–Crippen MR) is 111 cm³/mol. The van der Waals surface area contributed by atoms with Crippen LogP contribution in [-0.4, -0.2) is 19.5 Å². The van der Waals surface area contributed by atoms with Crippen LogP contribution in [0.5, 0.6) is 11.5 Å². The molecular formula is C24H22F8O4. The molecule has 2 aromatic rings. The van der Waals surface area contributed by atoms with Gasteiger partial charge < -0.3 is 18.9 Å². The van der Waals surface area contributed by atoms with E-state index in [1.807, 2.05) is 6.92 Å². The summed E-state index contributed by atoms with van der Waals surface area (Å²) in [6.45, 7) is 3.01. The number of alkyl halides is 2. The van der Waals surface area contributed by atoms with Gasteiger partial charge in [0.25, 0.3) is 0 Å². The fourth-order valence-electron chi connectivity index (χ4n) is 3.67. The van der Waals surface area contributed by atoms with Gasteiger partial charge in [-0.25, -0.2) is 17.6 Å². The molecule has 0 aromatic heterocycles. The molecule has 0 N–H and O–H groups in total. The summed E-state index contributed by atoms with van der Waals surface area (Å²) >= 11 is 0. The molecule has 0 unspecified atom stereocenters. The Bertz CT molecular complexity index is 1030. The van der Waals surface area contributed by atoms with Gasteiger partial charge in [0.2, 0.25) is 0 Å². The number of rotatable bonds is 10. The van der Waals surface area contributed by atoms with Crippen molar-refractivity contribution in [1.29, 1.82) is 0 Å². The number of halogens is 8. The van der Waals surface area contributed by atoms with E-state index >= 15 is 0 Å². The van der Waals surface area contributed by atoms with Crippen molar-refractivity contribution < 1.29 is 54.1 Å². The average molecular weight is 526 g/mol. The highest BCUT2D eigenvalue weighted by Gasteiger charge is 2.41. The quantitative estimate of drug-likeness (QED) is 0.242. The fraction of sp³-hybridized carbons (Fsp3) is 0.417. The van der Waals surface area contributed by atoms with Gasteiger partial charge in [-0.15, -0.1) is 0 Å². The summed E-state index contributed by atoms with van der Waals surface area (Å²) in [5.74, 6) is -8.83. The van der Waals surface area contributed by atoms with Crippen LogP contribution in [-0.2, 0) is 22.0 Å². The van der Waals surface area contributed by atoms with Crippen LogP contribution >= 0.6 is 0 Å². The Kier molecular flexibility index (Phi) is 9.18. The number of ether oxygens (including phenoxy) is 4. The van der Waals surface area contributed by atoms with E-state index in [4.69, 9.17) is 9.47 Å². The van der Waals surface area contributed by atoms with E-state index in [0.29, 0.717) is 25.3 Å². The summed E-state index contributed by atoms with van der Waals surface area (Å²) in [5, 5.41) is 0. The molecule has 1 aliphatic heterocycles. The summed E-state index contributed by atoms with van der Waals surface area (Å²) in [6, 6.07) is 1.76. The van der Waals surface area contributed by atoms with Crippen LogP contribution in [0.4, 0.5) is 35.1 Å². The second-order valence-corrected chi connectivity index (χ2v) is 8.08. The van der Waals surface area contributed by atoms with Crippen molar-refractivity contribution in [3.8, 4) is 11.5 Å². The minimum atomic E-state index is -4.68. The number of hydrogen-bond donors (Lipinski definition) is 0. The second-order valence-electron chi connectivity index (χ2n) is 8.08. The van der Waals surface area contributed by atoms with Gasteiger partial charge in [-0.2, -0.15) is 17.6 Å². The van der Waals surface area contributed by atoms with Crippen LogP contribution in [0.3, 0.4) is 0 Å². The monoisotopic (exact) mass is 526 g/mol. The molecule has 0 aliphatic carbocycles. The molecule has 1 fully saturated rings. The van der Waals surface area contributed by atoms with Crippen molar-refractivity contribution in [2.24, 2.45) is 5.92 Å². The van der Waals surface area contributed by atoms with Gasteiger partial charge in [-0.05, 0) is 30.5 Å². The Morgan fingerprint density at radius 2 is 1.53 bits per heavy atom. The van der Waals surface area contributed by atoms with Crippen molar-refractivity contribution >= 4 is 0 Å².